The van der Waals surface area contributed by atoms with Crippen LogP contribution in [0.25, 0.3) is 0 Å². The topological polar surface area (TPSA) is 95.9 Å². The Hall–Kier alpha value is -1.46. The molecule has 3 N–H and O–H groups in total. The zero-order valence-electron chi connectivity index (χ0n) is 9.11. The standard InChI is InChI=1S/C8H15NO2.CH2O3/c1-8(2,3)11-7(10)9-6-4-5-6;2-1(3)4/h6H,4-5H2,1-3H3,(H,9,10);(H2,2,3,4). The summed E-state index contributed by atoms with van der Waals surface area (Å²) in [6, 6.07) is 0.379. The third-order valence-corrected chi connectivity index (χ3v) is 1.30. The van der Waals surface area contributed by atoms with E-state index in [9.17, 15) is 4.79 Å². The minimum absolute atomic E-state index is 0.292. The van der Waals surface area contributed by atoms with Crippen molar-refractivity contribution in [1.29, 1.82) is 0 Å². The molecule has 15 heavy (non-hydrogen) atoms. The SMILES string of the molecule is CC(C)(C)OC(=O)NC1CC1.O=C(O)O. The van der Waals surface area contributed by atoms with Gasteiger partial charge in [0, 0.05) is 6.04 Å². The van der Waals surface area contributed by atoms with Crippen molar-refractivity contribution in [1.82, 2.24) is 5.32 Å². The normalized spacial score (nSPS) is 14.6. The number of rotatable bonds is 1. The number of ether oxygens (including phenoxy) is 1. The largest absolute Gasteiger partial charge is 0.503 e. The molecule has 0 spiro atoms. The zero-order valence-corrected chi connectivity index (χ0v) is 9.11. The maximum Gasteiger partial charge on any atom is 0.503 e. The molecule has 0 unspecified atom stereocenters. The van der Waals surface area contributed by atoms with E-state index in [2.05, 4.69) is 5.32 Å². The van der Waals surface area contributed by atoms with Gasteiger partial charge in [-0.05, 0) is 33.6 Å². The summed E-state index contributed by atoms with van der Waals surface area (Å²) in [6.07, 6.45) is 0.0679. The first-order valence-electron chi connectivity index (χ1n) is 4.62. The molecule has 6 nitrogen and oxygen atoms in total. The molecule has 0 aromatic heterocycles. The molecule has 0 saturated heterocycles. The third kappa shape index (κ3) is 12.5. The Labute approximate surface area is 88.2 Å². The molecule has 0 aromatic rings. The number of amides is 1. The Balaban J connectivity index is 0.000000423. The van der Waals surface area contributed by atoms with Crippen molar-refractivity contribution < 1.29 is 24.5 Å². The smallest absolute Gasteiger partial charge is 0.450 e. The van der Waals surface area contributed by atoms with E-state index >= 15 is 0 Å². The average Bonchev–Trinajstić information content (AvgIpc) is 2.64. The lowest BCUT2D eigenvalue weighted by Crippen LogP contribution is -2.33. The van der Waals surface area contributed by atoms with Crippen molar-refractivity contribution in [3.8, 4) is 0 Å². The summed E-state index contributed by atoms with van der Waals surface area (Å²) in [5.74, 6) is 0. The van der Waals surface area contributed by atoms with Crippen LogP contribution in [0.15, 0.2) is 0 Å². The van der Waals surface area contributed by atoms with E-state index in [4.69, 9.17) is 19.7 Å². The summed E-state index contributed by atoms with van der Waals surface area (Å²) in [6.45, 7) is 5.58. The van der Waals surface area contributed by atoms with Gasteiger partial charge in [0.25, 0.3) is 0 Å². The Morgan fingerprint density at radius 3 is 1.93 bits per heavy atom. The Kier molecular flexibility index (Phi) is 4.90. The number of carbonyl (C=O) groups is 2. The first-order valence-corrected chi connectivity index (χ1v) is 4.62. The van der Waals surface area contributed by atoms with Crippen molar-refractivity contribution in [2.75, 3.05) is 0 Å². The zero-order chi connectivity index (χ0) is 12.1. The van der Waals surface area contributed by atoms with Gasteiger partial charge in [0.05, 0.1) is 0 Å². The van der Waals surface area contributed by atoms with Crippen molar-refractivity contribution in [3.63, 3.8) is 0 Å². The third-order valence-electron chi connectivity index (χ3n) is 1.30. The van der Waals surface area contributed by atoms with Crippen molar-refractivity contribution in [2.24, 2.45) is 0 Å². The minimum Gasteiger partial charge on any atom is -0.450 e. The second-order valence-corrected chi connectivity index (χ2v) is 4.20. The van der Waals surface area contributed by atoms with Gasteiger partial charge in [-0.25, -0.2) is 9.59 Å². The number of hydrogen-bond acceptors (Lipinski definition) is 3. The van der Waals surface area contributed by atoms with Crippen LogP contribution in [-0.2, 0) is 4.74 Å². The lowest BCUT2D eigenvalue weighted by molar-refractivity contribution is 0.0523. The molecule has 1 aliphatic carbocycles. The molecule has 1 fully saturated rings. The summed E-state index contributed by atoms with van der Waals surface area (Å²) in [7, 11) is 0. The molecule has 0 bridgehead atoms. The van der Waals surface area contributed by atoms with Gasteiger partial charge in [-0.2, -0.15) is 0 Å². The van der Waals surface area contributed by atoms with E-state index in [1.54, 1.807) is 0 Å². The van der Waals surface area contributed by atoms with Crippen molar-refractivity contribution >= 4 is 12.2 Å². The van der Waals surface area contributed by atoms with E-state index in [0.29, 0.717) is 6.04 Å². The number of nitrogens with one attached hydrogen (secondary N) is 1. The second kappa shape index (κ2) is 5.43. The minimum atomic E-state index is -1.83. The predicted molar refractivity (Wildman–Crippen MR) is 53.0 cm³/mol. The molecule has 0 radical (unpaired) electrons. The number of carboxylic acid groups (broad SMARTS) is 2. The van der Waals surface area contributed by atoms with Crippen LogP contribution in [-0.4, -0.2) is 34.1 Å². The van der Waals surface area contributed by atoms with E-state index in [-0.39, 0.29) is 11.7 Å². The maximum atomic E-state index is 11.0. The molecule has 0 heterocycles. The lowest BCUT2D eigenvalue weighted by atomic mass is 10.2. The van der Waals surface area contributed by atoms with Gasteiger partial charge < -0.3 is 20.3 Å². The Morgan fingerprint density at radius 2 is 1.67 bits per heavy atom. The number of alkyl carbamates (subject to hydrolysis) is 1. The van der Waals surface area contributed by atoms with Crippen LogP contribution in [0.2, 0.25) is 0 Å². The van der Waals surface area contributed by atoms with Crippen LogP contribution in [0.4, 0.5) is 9.59 Å². The van der Waals surface area contributed by atoms with Gasteiger partial charge in [-0.1, -0.05) is 0 Å². The van der Waals surface area contributed by atoms with Crippen LogP contribution >= 0.6 is 0 Å². The van der Waals surface area contributed by atoms with Gasteiger partial charge in [-0.3, -0.25) is 0 Å². The van der Waals surface area contributed by atoms with Crippen LogP contribution < -0.4 is 5.32 Å². The molecule has 0 atom stereocenters. The fourth-order valence-corrected chi connectivity index (χ4v) is 0.702. The van der Waals surface area contributed by atoms with E-state index in [1.807, 2.05) is 20.8 Å². The molecular weight excluding hydrogens is 202 g/mol. The summed E-state index contributed by atoms with van der Waals surface area (Å²) in [5, 5.41) is 16.7. The van der Waals surface area contributed by atoms with Gasteiger partial charge in [0.2, 0.25) is 0 Å². The predicted octanol–water partition coefficient (Wildman–Crippen LogP) is 1.90. The molecule has 0 aromatic carbocycles. The Morgan fingerprint density at radius 1 is 1.27 bits per heavy atom. The first kappa shape index (κ1) is 13.5. The molecule has 1 amide bonds. The quantitative estimate of drug-likeness (QED) is 0.625. The summed E-state index contributed by atoms with van der Waals surface area (Å²) < 4.78 is 5.04. The highest BCUT2D eigenvalue weighted by molar-refractivity contribution is 5.68. The van der Waals surface area contributed by atoms with E-state index in [1.165, 1.54) is 0 Å². The van der Waals surface area contributed by atoms with E-state index in [0.717, 1.165) is 12.8 Å². The van der Waals surface area contributed by atoms with Crippen molar-refractivity contribution in [3.05, 3.63) is 0 Å². The fourth-order valence-electron chi connectivity index (χ4n) is 0.702. The lowest BCUT2D eigenvalue weighted by Gasteiger charge is -2.19. The van der Waals surface area contributed by atoms with Gasteiger partial charge >= 0.3 is 12.2 Å². The summed E-state index contributed by atoms with van der Waals surface area (Å²) >= 11 is 0. The van der Waals surface area contributed by atoms with Crippen LogP contribution in [0.5, 0.6) is 0 Å². The monoisotopic (exact) mass is 219 g/mol. The van der Waals surface area contributed by atoms with Crippen LogP contribution in [0.1, 0.15) is 33.6 Å². The molecular formula is C9H17NO5. The highest BCUT2D eigenvalue weighted by Gasteiger charge is 2.25. The van der Waals surface area contributed by atoms with Crippen LogP contribution in [0.3, 0.4) is 0 Å². The van der Waals surface area contributed by atoms with Crippen molar-refractivity contribution in [2.45, 2.75) is 45.3 Å². The maximum absolute atomic E-state index is 11.0. The second-order valence-electron chi connectivity index (χ2n) is 4.20. The van der Waals surface area contributed by atoms with Crippen LogP contribution in [0, 0.1) is 0 Å². The highest BCUT2D eigenvalue weighted by Crippen LogP contribution is 2.19. The summed E-state index contributed by atoms with van der Waals surface area (Å²) in [4.78, 5) is 19.5. The van der Waals surface area contributed by atoms with E-state index < -0.39 is 6.16 Å². The molecule has 1 saturated carbocycles. The molecule has 1 aliphatic rings. The van der Waals surface area contributed by atoms with Gasteiger partial charge in [0.1, 0.15) is 5.60 Å². The average molecular weight is 219 g/mol. The summed E-state index contributed by atoms with van der Waals surface area (Å²) in [5.41, 5.74) is -0.376. The highest BCUT2D eigenvalue weighted by atomic mass is 16.6. The Bertz CT molecular complexity index is 225. The number of carbonyl (C=O) groups excluding carboxylic acids is 1. The molecule has 1 rings (SSSR count). The van der Waals surface area contributed by atoms with Gasteiger partial charge in [-0.15, -0.1) is 0 Å². The van der Waals surface area contributed by atoms with Gasteiger partial charge in [0.15, 0.2) is 0 Å². The first-order chi connectivity index (χ1) is 6.70. The fraction of sp³-hybridized carbons (Fsp3) is 0.778. The number of hydrogen-bond donors (Lipinski definition) is 3. The molecule has 6 heteroatoms. The molecule has 88 valence electrons. The molecule has 0 aliphatic heterocycles.